The van der Waals surface area contributed by atoms with Gasteiger partial charge in [0, 0.05) is 11.8 Å². The molecule has 2 heterocycles. The number of para-hydroxylation sites is 1. The normalized spacial score (nSPS) is 10.9. The number of H-pyrrole nitrogens is 1. The Hall–Kier alpha value is -2.85. The van der Waals surface area contributed by atoms with Crippen molar-refractivity contribution in [3.63, 3.8) is 0 Å². The van der Waals surface area contributed by atoms with Crippen LogP contribution < -0.4 is 4.74 Å². The van der Waals surface area contributed by atoms with Crippen LogP contribution in [-0.2, 0) is 6.61 Å². The van der Waals surface area contributed by atoms with Crippen LogP contribution in [0.4, 0.5) is 0 Å². The van der Waals surface area contributed by atoms with Gasteiger partial charge in [-0.1, -0.05) is 54.1 Å². The topological polar surface area (TPSA) is 50.8 Å². The fourth-order valence-electron chi connectivity index (χ4n) is 2.46. The second-order valence-electron chi connectivity index (χ2n) is 5.38. The van der Waals surface area contributed by atoms with Crippen LogP contribution in [-0.4, -0.2) is 15.0 Å². The Balaban J connectivity index is 1.53. The molecule has 0 amide bonds. The van der Waals surface area contributed by atoms with Gasteiger partial charge in [-0.25, -0.2) is 9.97 Å². The first-order chi connectivity index (χ1) is 11.8. The van der Waals surface area contributed by atoms with Gasteiger partial charge in [-0.2, -0.15) is 0 Å². The average Bonchev–Trinajstić information content (AvgIpc) is 3.07. The zero-order chi connectivity index (χ0) is 16.4. The van der Waals surface area contributed by atoms with Gasteiger partial charge < -0.3 is 9.72 Å². The second kappa shape index (κ2) is 6.34. The molecule has 0 aliphatic rings. The lowest BCUT2D eigenvalue weighted by atomic mass is 10.1. The van der Waals surface area contributed by atoms with Crippen molar-refractivity contribution in [2.45, 2.75) is 6.61 Å². The maximum Gasteiger partial charge on any atom is 0.179 e. The number of imidazole rings is 1. The molecule has 2 aromatic carbocycles. The minimum Gasteiger partial charge on any atom is -0.489 e. The molecule has 5 heteroatoms. The van der Waals surface area contributed by atoms with Gasteiger partial charge in [0.25, 0.3) is 0 Å². The summed E-state index contributed by atoms with van der Waals surface area (Å²) >= 11 is 6.15. The van der Waals surface area contributed by atoms with Crippen molar-refractivity contribution in [2.75, 3.05) is 0 Å². The van der Waals surface area contributed by atoms with E-state index in [0.717, 1.165) is 28.2 Å². The molecule has 0 aliphatic heterocycles. The van der Waals surface area contributed by atoms with Gasteiger partial charge in [-0.3, -0.25) is 0 Å². The van der Waals surface area contributed by atoms with Crippen LogP contribution in [0.1, 0.15) is 5.56 Å². The summed E-state index contributed by atoms with van der Waals surface area (Å²) in [6.07, 6.45) is 1.65. The van der Waals surface area contributed by atoms with E-state index in [2.05, 4.69) is 15.0 Å². The molecule has 0 atom stereocenters. The van der Waals surface area contributed by atoms with Crippen molar-refractivity contribution in [2.24, 2.45) is 0 Å². The lowest BCUT2D eigenvalue weighted by Crippen LogP contribution is -1.95. The second-order valence-corrected chi connectivity index (χ2v) is 5.78. The molecule has 4 nitrogen and oxygen atoms in total. The van der Waals surface area contributed by atoms with Gasteiger partial charge in [0.05, 0.1) is 5.02 Å². The smallest absolute Gasteiger partial charge is 0.179 e. The number of pyridine rings is 1. The van der Waals surface area contributed by atoms with Crippen LogP contribution in [0.5, 0.6) is 5.75 Å². The molecule has 0 fully saturated rings. The van der Waals surface area contributed by atoms with Crippen molar-refractivity contribution in [1.29, 1.82) is 0 Å². The van der Waals surface area contributed by atoms with Crippen LogP contribution in [0.15, 0.2) is 66.9 Å². The van der Waals surface area contributed by atoms with Crippen molar-refractivity contribution >= 4 is 22.8 Å². The van der Waals surface area contributed by atoms with E-state index in [1.807, 2.05) is 54.6 Å². The third-order valence-corrected chi connectivity index (χ3v) is 4.03. The quantitative estimate of drug-likeness (QED) is 0.579. The lowest BCUT2D eigenvalue weighted by Gasteiger charge is -2.06. The molecule has 0 saturated carbocycles. The third-order valence-electron chi connectivity index (χ3n) is 3.72. The van der Waals surface area contributed by atoms with Crippen LogP contribution in [0.25, 0.3) is 22.6 Å². The van der Waals surface area contributed by atoms with Crippen LogP contribution in [0.2, 0.25) is 5.02 Å². The van der Waals surface area contributed by atoms with Gasteiger partial charge in [0.1, 0.15) is 23.7 Å². The highest BCUT2D eigenvalue weighted by Crippen LogP contribution is 2.24. The number of hydrogen-bond donors (Lipinski definition) is 1. The van der Waals surface area contributed by atoms with Gasteiger partial charge >= 0.3 is 0 Å². The van der Waals surface area contributed by atoms with E-state index in [1.165, 1.54) is 0 Å². The van der Waals surface area contributed by atoms with Crippen molar-refractivity contribution in [3.05, 3.63) is 77.4 Å². The van der Waals surface area contributed by atoms with E-state index >= 15 is 0 Å². The maximum absolute atomic E-state index is 6.15. The Kier molecular flexibility index (Phi) is 3.89. The Morgan fingerprint density at radius 1 is 0.958 bits per heavy atom. The van der Waals surface area contributed by atoms with Gasteiger partial charge in [0.15, 0.2) is 5.65 Å². The minimum absolute atomic E-state index is 0.526. The van der Waals surface area contributed by atoms with Crippen molar-refractivity contribution in [3.8, 4) is 17.1 Å². The monoisotopic (exact) mass is 335 g/mol. The van der Waals surface area contributed by atoms with Crippen LogP contribution >= 0.6 is 11.6 Å². The number of fused-ring (bicyclic) bond motifs is 1. The maximum atomic E-state index is 6.15. The zero-order valence-electron chi connectivity index (χ0n) is 12.7. The fourth-order valence-corrected chi connectivity index (χ4v) is 2.65. The highest BCUT2D eigenvalue weighted by Gasteiger charge is 2.08. The number of benzene rings is 2. The van der Waals surface area contributed by atoms with Crippen molar-refractivity contribution < 1.29 is 4.74 Å². The molecule has 1 N–H and O–H groups in total. The number of rotatable bonds is 4. The van der Waals surface area contributed by atoms with Gasteiger partial charge in [-0.05, 0) is 23.8 Å². The third kappa shape index (κ3) is 2.96. The van der Waals surface area contributed by atoms with E-state index in [1.54, 1.807) is 12.3 Å². The molecule has 0 aliphatic carbocycles. The molecular weight excluding hydrogens is 322 g/mol. The number of aromatic amines is 1. The Morgan fingerprint density at radius 3 is 2.50 bits per heavy atom. The molecule has 0 bridgehead atoms. The summed E-state index contributed by atoms with van der Waals surface area (Å²) in [6, 6.07) is 19.6. The summed E-state index contributed by atoms with van der Waals surface area (Å²) in [6.45, 7) is 0.526. The highest BCUT2D eigenvalue weighted by molar-refractivity contribution is 6.34. The largest absolute Gasteiger partial charge is 0.489 e. The summed E-state index contributed by atoms with van der Waals surface area (Å²) in [5.41, 5.74) is 3.45. The molecular formula is C19H14ClN3O. The average molecular weight is 336 g/mol. The van der Waals surface area contributed by atoms with E-state index in [0.29, 0.717) is 17.3 Å². The first-order valence-corrected chi connectivity index (χ1v) is 7.95. The number of aromatic nitrogens is 3. The molecule has 2 aromatic heterocycles. The number of hydrogen-bond acceptors (Lipinski definition) is 3. The van der Waals surface area contributed by atoms with Crippen molar-refractivity contribution in [1.82, 2.24) is 15.0 Å². The summed E-state index contributed by atoms with van der Waals surface area (Å²) in [4.78, 5) is 11.9. The Morgan fingerprint density at radius 2 is 1.75 bits per heavy atom. The molecule has 0 saturated heterocycles. The molecule has 4 rings (SSSR count). The van der Waals surface area contributed by atoms with E-state index in [9.17, 15) is 0 Å². The predicted octanol–water partition coefficient (Wildman–Crippen LogP) is 4.86. The standard InChI is InChI=1S/C19H14ClN3O/c20-16-10-11-21-19-17(16)22-18(23-19)14-8-6-13(7-9-14)12-24-15-4-2-1-3-5-15/h1-11H,12H2,(H,21,22,23). The zero-order valence-corrected chi connectivity index (χ0v) is 13.5. The lowest BCUT2D eigenvalue weighted by molar-refractivity contribution is 0.306. The minimum atomic E-state index is 0.526. The summed E-state index contributed by atoms with van der Waals surface area (Å²) in [5.74, 6) is 1.61. The molecule has 0 radical (unpaired) electrons. The van der Waals surface area contributed by atoms with E-state index in [4.69, 9.17) is 16.3 Å². The number of ether oxygens (including phenoxy) is 1. The first kappa shape index (κ1) is 14.7. The highest BCUT2D eigenvalue weighted by atomic mass is 35.5. The molecule has 4 aromatic rings. The molecule has 0 spiro atoms. The summed E-state index contributed by atoms with van der Waals surface area (Å²) < 4.78 is 5.75. The van der Waals surface area contributed by atoms with Gasteiger partial charge in [-0.15, -0.1) is 0 Å². The Bertz CT molecular complexity index is 965. The van der Waals surface area contributed by atoms with E-state index in [-0.39, 0.29) is 0 Å². The van der Waals surface area contributed by atoms with Crippen LogP contribution in [0.3, 0.4) is 0 Å². The fraction of sp³-hybridized carbons (Fsp3) is 0.0526. The summed E-state index contributed by atoms with van der Waals surface area (Å²) in [5, 5.41) is 0.617. The SMILES string of the molecule is Clc1ccnc2nc(-c3ccc(COc4ccccc4)cc3)[nH]c12. The first-order valence-electron chi connectivity index (χ1n) is 7.57. The molecule has 118 valence electrons. The Labute approximate surface area is 144 Å². The molecule has 24 heavy (non-hydrogen) atoms. The number of halogens is 1. The number of nitrogens with zero attached hydrogens (tertiary/aromatic N) is 2. The summed E-state index contributed by atoms with van der Waals surface area (Å²) in [7, 11) is 0. The predicted molar refractivity (Wildman–Crippen MR) is 95.1 cm³/mol. The van der Waals surface area contributed by atoms with Crippen LogP contribution in [0, 0.1) is 0 Å². The molecule has 0 unspecified atom stereocenters. The number of nitrogens with one attached hydrogen (secondary N) is 1. The van der Waals surface area contributed by atoms with Gasteiger partial charge in [0.2, 0.25) is 0 Å². The van der Waals surface area contributed by atoms with E-state index < -0.39 is 0 Å².